The van der Waals surface area contributed by atoms with Crippen molar-refractivity contribution in [2.45, 2.75) is 26.3 Å². The Balaban J connectivity index is 3.15. The van der Waals surface area contributed by atoms with Crippen LogP contribution in [0.4, 0.5) is 11.4 Å². The van der Waals surface area contributed by atoms with Crippen LogP contribution in [0.5, 0.6) is 0 Å². The number of anilines is 2. The van der Waals surface area contributed by atoms with Gasteiger partial charge in [0.1, 0.15) is 0 Å². The number of carboxylic acid groups (broad SMARTS) is 1. The number of carbonyl (C=O) groups is 3. The van der Waals surface area contributed by atoms with Gasteiger partial charge in [-0.1, -0.05) is 0 Å². The van der Waals surface area contributed by atoms with Crippen LogP contribution in [0.1, 0.15) is 30.6 Å². The largest absolute Gasteiger partial charge is 0.481 e. The fourth-order valence-electron chi connectivity index (χ4n) is 1.92. The molecule has 10 heteroatoms. The molecule has 24 heavy (non-hydrogen) atoms. The van der Waals surface area contributed by atoms with Crippen LogP contribution in [-0.4, -0.2) is 43.6 Å². The number of sulfonamides is 1. The molecule has 0 aliphatic heterocycles. The number of benzene rings is 1. The van der Waals surface area contributed by atoms with Gasteiger partial charge in [-0.3, -0.25) is 19.1 Å². The highest BCUT2D eigenvalue weighted by molar-refractivity contribution is 7.92. The molecular weight excluding hydrogens is 338 g/mol. The van der Waals surface area contributed by atoms with Crippen LogP contribution in [0.3, 0.4) is 0 Å². The molecule has 0 spiro atoms. The van der Waals surface area contributed by atoms with E-state index in [1.54, 1.807) is 0 Å². The van der Waals surface area contributed by atoms with Gasteiger partial charge in [-0.2, -0.15) is 0 Å². The maximum Gasteiger partial charge on any atom is 0.305 e. The molecule has 0 aliphatic rings. The van der Waals surface area contributed by atoms with Crippen LogP contribution in [0.15, 0.2) is 18.2 Å². The molecular formula is C14H19N3O6S. The lowest BCUT2D eigenvalue weighted by Crippen LogP contribution is -2.34. The summed E-state index contributed by atoms with van der Waals surface area (Å²) in [5, 5.41) is 13.7. The number of hydrogen-bond donors (Lipinski definition) is 4. The molecule has 0 fully saturated rings. The van der Waals surface area contributed by atoms with Crippen molar-refractivity contribution in [3.05, 3.63) is 23.8 Å². The zero-order valence-corrected chi connectivity index (χ0v) is 14.2. The van der Waals surface area contributed by atoms with Crippen LogP contribution < -0.4 is 15.4 Å². The van der Waals surface area contributed by atoms with E-state index in [1.165, 1.54) is 32.0 Å². The fourth-order valence-corrected chi connectivity index (χ4v) is 2.49. The molecule has 1 atom stereocenters. The second-order valence-corrected chi connectivity index (χ2v) is 7.04. The predicted molar refractivity (Wildman–Crippen MR) is 88.4 cm³/mol. The highest BCUT2D eigenvalue weighted by Crippen LogP contribution is 2.22. The standard InChI is InChI=1S/C14H19N3O6S/c1-8(6-13(19)20)15-14(21)11-7-10(16-9(2)18)4-5-12(11)17-24(3,22)23/h4-5,7-8,17H,6H2,1-3H3,(H,15,21)(H,16,18)(H,19,20). The Morgan fingerprint density at radius 2 is 1.88 bits per heavy atom. The predicted octanol–water partition coefficient (Wildman–Crippen LogP) is 0.610. The van der Waals surface area contributed by atoms with Crippen molar-refractivity contribution in [1.82, 2.24) is 5.32 Å². The zero-order chi connectivity index (χ0) is 18.5. The lowest BCUT2D eigenvalue weighted by atomic mass is 10.1. The van der Waals surface area contributed by atoms with Gasteiger partial charge in [0.15, 0.2) is 0 Å². The summed E-state index contributed by atoms with van der Waals surface area (Å²) < 4.78 is 25.0. The van der Waals surface area contributed by atoms with E-state index in [1.807, 2.05) is 0 Å². The normalized spacial score (nSPS) is 12.1. The summed E-state index contributed by atoms with van der Waals surface area (Å²) in [6.07, 6.45) is 0.648. The minimum Gasteiger partial charge on any atom is -0.481 e. The molecule has 0 bridgehead atoms. The minimum atomic E-state index is -3.63. The Morgan fingerprint density at radius 1 is 1.25 bits per heavy atom. The summed E-state index contributed by atoms with van der Waals surface area (Å²) in [6.45, 7) is 2.80. The topological polar surface area (TPSA) is 142 Å². The lowest BCUT2D eigenvalue weighted by Gasteiger charge is -2.16. The van der Waals surface area contributed by atoms with Gasteiger partial charge in [-0.25, -0.2) is 8.42 Å². The highest BCUT2D eigenvalue weighted by Gasteiger charge is 2.18. The lowest BCUT2D eigenvalue weighted by molar-refractivity contribution is -0.137. The molecule has 1 rings (SSSR count). The van der Waals surface area contributed by atoms with Crippen molar-refractivity contribution in [3.8, 4) is 0 Å². The van der Waals surface area contributed by atoms with Crippen molar-refractivity contribution in [1.29, 1.82) is 0 Å². The van der Waals surface area contributed by atoms with Gasteiger partial charge in [0.2, 0.25) is 15.9 Å². The number of carbonyl (C=O) groups excluding carboxylic acids is 2. The first-order valence-electron chi connectivity index (χ1n) is 6.90. The first-order valence-corrected chi connectivity index (χ1v) is 8.79. The molecule has 2 amide bonds. The summed E-state index contributed by atoms with van der Waals surface area (Å²) in [6, 6.07) is 3.42. The maximum absolute atomic E-state index is 12.3. The summed E-state index contributed by atoms with van der Waals surface area (Å²) >= 11 is 0. The number of carboxylic acids is 1. The van der Waals surface area contributed by atoms with E-state index in [0.717, 1.165) is 6.26 Å². The first kappa shape index (κ1) is 19.4. The molecule has 0 aliphatic carbocycles. The molecule has 0 radical (unpaired) electrons. The fraction of sp³-hybridized carbons (Fsp3) is 0.357. The van der Waals surface area contributed by atoms with E-state index in [2.05, 4.69) is 15.4 Å². The van der Waals surface area contributed by atoms with Gasteiger partial charge in [-0.05, 0) is 25.1 Å². The maximum atomic E-state index is 12.3. The van der Waals surface area contributed by atoms with Crippen LogP contribution in [0.25, 0.3) is 0 Å². The Kier molecular flexibility index (Phi) is 6.29. The third kappa shape index (κ3) is 6.65. The number of amides is 2. The smallest absolute Gasteiger partial charge is 0.305 e. The monoisotopic (exact) mass is 357 g/mol. The van der Waals surface area contributed by atoms with Crippen molar-refractivity contribution in [2.24, 2.45) is 0 Å². The molecule has 0 saturated carbocycles. The van der Waals surface area contributed by atoms with Crippen LogP contribution >= 0.6 is 0 Å². The van der Waals surface area contributed by atoms with E-state index < -0.39 is 27.9 Å². The minimum absolute atomic E-state index is 0.0200. The quantitative estimate of drug-likeness (QED) is 0.563. The molecule has 0 aromatic heterocycles. The highest BCUT2D eigenvalue weighted by atomic mass is 32.2. The summed E-state index contributed by atoms with van der Waals surface area (Å²) in [5.41, 5.74) is 0.285. The molecule has 0 saturated heterocycles. The molecule has 1 unspecified atom stereocenters. The van der Waals surface area contributed by atoms with Gasteiger partial charge in [-0.15, -0.1) is 0 Å². The van der Waals surface area contributed by atoms with E-state index in [4.69, 9.17) is 5.11 Å². The second-order valence-electron chi connectivity index (χ2n) is 5.29. The second kappa shape index (κ2) is 7.77. The Labute approximate surface area is 139 Å². The average molecular weight is 357 g/mol. The third-order valence-corrected chi connectivity index (χ3v) is 3.33. The van der Waals surface area contributed by atoms with E-state index in [9.17, 15) is 22.8 Å². The van der Waals surface area contributed by atoms with E-state index in [0.29, 0.717) is 5.69 Å². The van der Waals surface area contributed by atoms with Crippen molar-refractivity contribution < 1.29 is 27.9 Å². The first-order chi connectivity index (χ1) is 11.0. The Morgan fingerprint density at radius 3 is 2.38 bits per heavy atom. The number of rotatable bonds is 7. The van der Waals surface area contributed by atoms with Crippen molar-refractivity contribution in [2.75, 3.05) is 16.3 Å². The van der Waals surface area contributed by atoms with Gasteiger partial charge >= 0.3 is 5.97 Å². The van der Waals surface area contributed by atoms with Gasteiger partial charge in [0, 0.05) is 18.7 Å². The number of aliphatic carboxylic acids is 1. The summed E-state index contributed by atoms with van der Waals surface area (Å²) in [4.78, 5) is 34.1. The molecule has 1 aromatic carbocycles. The van der Waals surface area contributed by atoms with Gasteiger partial charge in [0.05, 0.1) is 23.9 Å². The zero-order valence-electron chi connectivity index (χ0n) is 13.4. The van der Waals surface area contributed by atoms with Crippen LogP contribution in [0, 0.1) is 0 Å². The van der Waals surface area contributed by atoms with Crippen LogP contribution in [-0.2, 0) is 19.6 Å². The molecule has 9 nitrogen and oxygen atoms in total. The number of nitrogens with one attached hydrogen (secondary N) is 3. The number of hydrogen-bond acceptors (Lipinski definition) is 5. The van der Waals surface area contributed by atoms with Crippen molar-refractivity contribution in [3.63, 3.8) is 0 Å². The molecule has 4 N–H and O–H groups in total. The molecule has 0 heterocycles. The van der Waals surface area contributed by atoms with Crippen LogP contribution in [0.2, 0.25) is 0 Å². The Bertz CT molecular complexity index is 760. The molecule has 1 aromatic rings. The third-order valence-electron chi connectivity index (χ3n) is 2.74. The summed E-state index contributed by atoms with van der Waals surface area (Å²) in [5.74, 6) is -2.10. The van der Waals surface area contributed by atoms with Gasteiger partial charge in [0.25, 0.3) is 5.91 Å². The average Bonchev–Trinajstić information content (AvgIpc) is 2.36. The van der Waals surface area contributed by atoms with Crippen molar-refractivity contribution >= 4 is 39.2 Å². The van der Waals surface area contributed by atoms with E-state index >= 15 is 0 Å². The Hall–Kier alpha value is -2.62. The van der Waals surface area contributed by atoms with Gasteiger partial charge < -0.3 is 15.7 Å². The molecule has 132 valence electrons. The SMILES string of the molecule is CC(=O)Nc1ccc(NS(C)(=O)=O)c(C(=O)NC(C)CC(=O)O)c1. The summed E-state index contributed by atoms with van der Waals surface area (Å²) in [7, 11) is -3.63. The van der Waals surface area contributed by atoms with E-state index in [-0.39, 0.29) is 23.6 Å².